The van der Waals surface area contributed by atoms with E-state index in [0.29, 0.717) is 18.7 Å². The van der Waals surface area contributed by atoms with Gasteiger partial charge in [-0.1, -0.05) is 22.9 Å². The molecule has 0 atom stereocenters. The molecule has 0 aliphatic carbocycles. The normalized spacial score (nSPS) is 11.9. The average molecular weight is 340 g/mol. The molecule has 0 bridgehead atoms. The molecule has 0 saturated heterocycles. The Morgan fingerprint density at radius 2 is 2.00 bits per heavy atom. The van der Waals surface area contributed by atoms with Crippen LogP contribution < -0.4 is 4.74 Å². The van der Waals surface area contributed by atoms with Crippen molar-refractivity contribution < 1.29 is 17.9 Å². The van der Waals surface area contributed by atoms with E-state index in [9.17, 15) is 13.2 Å². The number of ether oxygens (including phenoxy) is 1. The molecule has 0 N–H and O–H groups in total. The van der Waals surface area contributed by atoms with Gasteiger partial charge in [0.05, 0.1) is 13.7 Å². The summed E-state index contributed by atoms with van der Waals surface area (Å²) < 4.78 is 43.4. The third-order valence-corrected chi connectivity index (χ3v) is 3.36. The zero-order chi connectivity index (χ0) is 14.5. The Labute approximate surface area is 119 Å². The lowest BCUT2D eigenvalue weighted by Crippen LogP contribution is -2.34. The van der Waals surface area contributed by atoms with Gasteiger partial charge in [0.15, 0.2) is 0 Å². The molecule has 0 amide bonds. The van der Waals surface area contributed by atoms with Crippen LogP contribution >= 0.6 is 15.9 Å². The van der Waals surface area contributed by atoms with Crippen molar-refractivity contribution in [3.63, 3.8) is 0 Å². The van der Waals surface area contributed by atoms with Crippen LogP contribution in [0.5, 0.6) is 5.75 Å². The Bertz CT molecular complexity index is 409. The predicted octanol–water partition coefficient (Wildman–Crippen LogP) is 4.23. The molecule has 0 heterocycles. The van der Waals surface area contributed by atoms with Crippen molar-refractivity contribution in [3.05, 3.63) is 28.2 Å². The van der Waals surface area contributed by atoms with Gasteiger partial charge in [-0.15, -0.1) is 0 Å². The van der Waals surface area contributed by atoms with Crippen molar-refractivity contribution >= 4 is 15.9 Å². The number of rotatable bonds is 6. The Morgan fingerprint density at radius 1 is 1.32 bits per heavy atom. The van der Waals surface area contributed by atoms with Crippen molar-refractivity contribution in [2.75, 3.05) is 20.2 Å². The standard InChI is InChI=1S/C13H17BrF3NO/c1-3-6-18(9-13(15,16)17)8-10-7-11(19-2)4-5-12(10)14/h4-5,7H,3,6,8-9H2,1-2H3. The molecule has 0 aromatic heterocycles. The zero-order valence-electron chi connectivity index (χ0n) is 10.9. The van der Waals surface area contributed by atoms with Gasteiger partial charge in [-0.3, -0.25) is 4.90 Å². The smallest absolute Gasteiger partial charge is 0.401 e. The second kappa shape index (κ2) is 7.14. The third-order valence-electron chi connectivity index (χ3n) is 2.59. The number of nitrogens with zero attached hydrogens (tertiary/aromatic N) is 1. The van der Waals surface area contributed by atoms with Gasteiger partial charge in [-0.05, 0) is 36.7 Å². The van der Waals surface area contributed by atoms with Gasteiger partial charge in [-0.2, -0.15) is 13.2 Å². The lowest BCUT2D eigenvalue weighted by Gasteiger charge is -2.23. The first-order chi connectivity index (χ1) is 8.85. The summed E-state index contributed by atoms with van der Waals surface area (Å²) in [6.07, 6.45) is -3.50. The third kappa shape index (κ3) is 5.82. The van der Waals surface area contributed by atoms with Crippen LogP contribution in [0.25, 0.3) is 0 Å². The van der Waals surface area contributed by atoms with Crippen LogP contribution in [0.3, 0.4) is 0 Å². The topological polar surface area (TPSA) is 12.5 Å². The first-order valence-electron chi connectivity index (χ1n) is 5.97. The molecule has 108 valence electrons. The highest BCUT2D eigenvalue weighted by Crippen LogP contribution is 2.25. The maximum absolute atomic E-state index is 12.5. The molecule has 1 aromatic rings. The molecule has 0 aliphatic heterocycles. The molecule has 2 nitrogen and oxygen atoms in total. The van der Waals surface area contributed by atoms with Crippen LogP contribution in [-0.4, -0.2) is 31.3 Å². The summed E-state index contributed by atoms with van der Waals surface area (Å²) in [4.78, 5) is 1.39. The lowest BCUT2D eigenvalue weighted by atomic mass is 10.2. The fourth-order valence-corrected chi connectivity index (χ4v) is 2.20. The molecule has 0 radical (unpaired) electrons. The number of methoxy groups -OCH3 is 1. The molecule has 1 rings (SSSR count). The number of hydrogen-bond acceptors (Lipinski definition) is 2. The largest absolute Gasteiger partial charge is 0.497 e. The van der Waals surface area contributed by atoms with Crippen LogP contribution in [0.1, 0.15) is 18.9 Å². The Hall–Kier alpha value is -0.750. The highest BCUT2D eigenvalue weighted by Gasteiger charge is 2.30. The van der Waals surface area contributed by atoms with Gasteiger partial charge < -0.3 is 4.74 Å². The van der Waals surface area contributed by atoms with Crippen LogP contribution in [-0.2, 0) is 6.54 Å². The fourth-order valence-electron chi connectivity index (χ4n) is 1.82. The Balaban J connectivity index is 2.83. The monoisotopic (exact) mass is 339 g/mol. The summed E-state index contributed by atoms with van der Waals surface area (Å²) in [5, 5.41) is 0. The number of hydrogen-bond donors (Lipinski definition) is 0. The van der Waals surface area contributed by atoms with Crippen LogP contribution in [0.15, 0.2) is 22.7 Å². The number of alkyl halides is 3. The van der Waals surface area contributed by atoms with E-state index in [1.165, 1.54) is 12.0 Å². The second-order valence-electron chi connectivity index (χ2n) is 4.28. The average Bonchev–Trinajstić information content (AvgIpc) is 2.30. The van der Waals surface area contributed by atoms with Crippen molar-refractivity contribution in [1.29, 1.82) is 0 Å². The van der Waals surface area contributed by atoms with Gasteiger partial charge in [0.2, 0.25) is 0 Å². The van der Waals surface area contributed by atoms with E-state index in [0.717, 1.165) is 10.0 Å². The van der Waals surface area contributed by atoms with E-state index in [1.54, 1.807) is 18.2 Å². The summed E-state index contributed by atoms with van der Waals surface area (Å²) in [5.74, 6) is 0.640. The Kier molecular flexibility index (Phi) is 6.13. The minimum Gasteiger partial charge on any atom is -0.497 e. The SMILES string of the molecule is CCCN(Cc1cc(OC)ccc1Br)CC(F)(F)F. The van der Waals surface area contributed by atoms with E-state index < -0.39 is 12.7 Å². The van der Waals surface area contributed by atoms with Gasteiger partial charge in [0, 0.05) is 11.0 Å². The minimum absolute atomic E-state index is 0.241. The van der Waals surface area contributed by atoms with Gasteiger partial charge in [0.1, 0.15) is 5.75 Å². The van der Waals surface area contributed by atoms with E-state index in [1.807, 2.05) is 6.92 Å². The van der Waals surface area contributed by atoms with Crippen molar-refractivity contribution in [2.24, 2.45) is 0 Å². The Morgan fingerprint density at radius 3 is 2.53 bits per heavy atom. The van der Waals surface area contributed by atoms with Gasteiger partial charge in [-0.25, -0.2) is 0 Å². The minimum atomic E-state index is -4.18. The highest BCUT2D eigenvalue weighted by atomic mass is 79.9. The van der Waals surface area contributed by atoms with E-state index >= 15 is 0 Å². The summed E-state index contributed by atoms with van der Waals surface area (Å²) >= 11 is 3.36. The summed E-state index contributed by atoms with van der Waals surface area (Å²) in [6.45, 7) is 1.61. The van der Waals surface area contributed by atoms with Gasteiger partial charge >= 0.3 is 6.18 Å². The van der Waals surface area contributed by atoms with Crippen LogP contribution in [0, 0.1) is 0 Å². The molecule has 0 saturated carbocycles. The van der Waals surface area contributed by atoms with Gasteiger partial charge in [0.25, 0.3) is 0 Å². The lowest BCUT2D eigenvalue weighted by molar-refractivity contribution is -0.147. The zero-order valence-corrected chi connectivity index (χ0v) is 12.5. The summed E-state index contributed by atoms with van der Waals surface area (Å²) in [6, 6.07) is 5.30. The molecule has 6 heteroatoms. The molecule has 0 spiro atoms. The first-order valence-corrected chi connectivity index (χ1v) is 6.76. The molecule has 1 aromatic carbocycles. The van der Waals surface area contributed by atoms with Crippen LogP contribution in [0.4, 0.5) is 13.2 Å². The summed E-state index contributed by atoms with van der Waals surface area (Å²) in [5.41, 5.74) is 0.789. The molecular formula is C13H17BrF3NO. The van der Waals surface area contributed by atoms with Crippen molar-refractivity contribution in [2.45, 2.75) is 26.1 Å². The van der Waals surface area contributed by atoms with E-state index in [-0.39, 0.29) is 6.54 Å². The maximum atomic E-state index is 12.5. The molecule has 0 fully saturated rings. The van der Waals surface area contributed by atoms with Crippen molar-refractivity contribution in [1.82, 2.24) is 4.90 Å². The number of benzene rings is 1. The maximum Gasteiger partial charge on any atom is 0.401 e. The fraction of sp³-hybridized carbons (Fsp3) is 0.538. The van der Waals surface area contributed by atoms with Crippen LogP contribution in [0.2, 0.25) is 0 Å². The van der Waals surface area contributed by atoms with Crippen molar-refractivity contribution in [3.8, 4) is 5.75 Å². The summed E-state index contributed by atoms with van der Waals surface area (Å²) in [7, 11) is 1.53. The molecule has 0 unspecified atom stereocenters. The molecule has 19 heavy (non-hydrogen) atoms. The first kappa shape index (κ1) is 16.3. The highest BCUT2D eigenvalue weighted by molar-refractivity contribution is 9.10. The predicted molar refractivity (Wildman–Crippen MR) is 72.3 cm³/mol. The molecule has 0 aliphatic rings. The van der Waals surface area contributed by atoms with E-state index in [4.69, 9.17) is 4.74 Å². The molecular weight excluding hydrogens is 323 g/mol. The van der Waals surface area contributed by atoms with E-state index in [2.05, 4.69) is 15.9 Å². The quantitative estimate of drug-likeness (QED) is 0.768. The number of halogens is 4. The second-order valence-corrected chi connectivity index (χ2v) is 5.14.